The molecule has 2 aromatic rings. The second kappa shape index (κ2) is 9.17. The highest BCUT2D eigenvalue weighted by Gasteiger charge is 2.34. The van der Waals surface area contributed by atoms with Gasteiger partial charge in [0.05, 0.1) is 13.2 Å². The fourth-order valence-corrected chi connectivity index (χ4v) is 4.76. The van der Waals surface area contributed by atoms with Gasteiger partial charge in [-0.2, -0.15) is 0 Å². The smallest absolute Gasteiger partial charge is 0.165 e. The number of fused-ring (bicyclic) bond motifs is 4. The average molecular weight is 412 g/mol. The summed E-state index contributed by atoms with van der Waals surface area (Å²) in [5, 5.41) is 20.9. The van der Waals surface area contributed by atoms with Crippen molar-refractivity contribution in [3.63, 3.8) is 0 Å². The molecule has 0 amide bonds. The molecule has 0 radical (unpaired) electrons. The summed E-state index contributed by atoms with van der Waals surface area (Å²) in [6.45, 7) is 7.01. The first-order valence-electron chi connectivity index (χ1n) is 11.3. The molecular weight excluding hydrogens is 378 g/mol. The number of benzene rings is 2. The Hall–Kier alpha value is -2.40. The molecule has 0 aromatic heterocycles. The normalized spacial score (nSPS) is 17.7. The summed E-state index contributed by atoms with van der Waals surface area (Å²) in [6.07, 6.45) is 6.39. The van der Waals surface area contributed by atoms with Gasteiger partial charge in [0.25, 0.3) is 0 Å². The lowest BCUT2D eigenvalue weighted by Crippen LogP contribution is -2.39. The number of hydrogen-bond donors (Lipinski definition) is 2. The molecule has 2 heterocycles. The van der Waals surface area contributed by atoms with Crippen LogP contribution in [0.5, 0.6) is 23.0 Å². The summed E-state index contributed by atoms with van der Waals surface area (Å²) >= 11 is 0. The second-order valence-corrected chi connectivity index (χ2v) is 8.35. The molecule has 0 spiro atoms. The summed E-state index contributed by atoms with van der Waals surface area (Å²) in [5.74, 6) is 1.68. The Morgan fingerprint density at radius 3 is 2.67 bits per heavy atom. The largest absolute Gasteiger partial charge is 0.504 e. The average Bonchev–Trinajstić information content (AvgIpc) is 2.75. The molecule has 2 N–H and O–H groups in total. The fourth-order valence-electron chi connectivity index (χ4n) is 4.76. The third-order valence-corrected chi connectivity index (χ3v) is 6.34. The van der Waals surface area contributed by atoms with Crippen LogP contribution in [0.4, 0.5) is 0 Å². The van der Waals surface area contributed by atoms with E-state index in [1.165, 1.54) is 29.5 Å². The van der Waals surface area contributed by atoms with E-state index in [9.17, 15) is 10.2 Å². The molecule has 0 saturated heterocycles. The molecule has 5 nitrogen and oxygen atoms in total. The Labute approximate surface area is 179 Å². The fraction of sp³-hybridized carbons (Fsp3) is 0.520. The molecule has 5 heteroatoms. The van der Waals surface area contributed by atoms with Crippen LogP contribution >= 0.6 is 0 Å². The van der Waals surface area contributed by atoms with E-state index in [4.69, 9.17) is 9.47 Å². The highest BCUT2D eigenvalue weighted by atomic mass is 16.5. The van der Waals surface area contributed by atoms with Crippen molar-refractivity contribution in [2.45, 2.75) is 65.0 Å². The van der Waals surface area contributed by atoms with Crippen LogP contribution in [0, 0.1) is 0 Å². The van der Waals surface area contributed by atoms with E-state index < -0.39 is 0 Å². The van der Waals surface area contributed by atoms with Crippen LogP contribution in [0.25, 0.3) is 0 Å². The standard InChI is InChI=1S/C25H33NO4/c1-3-5-6-7-12-30-24-14-18-10-11-26-16-20-17(8-9-22(27)25(20)29-4-2)13-21(26)19(18)15-23(24)28/h8-9,14-15,21,27-28H,3-7,10-13,16H2,1-2H3/t21-/m0/s1. The molecular formula is C25H33NO4. The second-order valence-electron chi connectivity index (χ2n) is 8.35. The predicted molar refractivity (Wildman–Crippen MR) is 118 cm³/mol. The summed E-state index contributed by atoms with van der Waals surface area (Å²) < 4.78 is 11.6. The Morgan fingerprint density at radius 2 is 1.87 bits per heavy atom. The van der Waals surface area contributed by atoms with Crippen LogP contribution in [0.3, 0.4) is 0 Å². The lowest BCUT2D eigenvalue weighted by molar-refractivity contribution is 0.156. The predicted octanol–water partition coefficient (Wildman–Crippen LogP) is 5.11. The highest BCUT2D eigenvalue weighted by molar-refractivity contribution is 5.54. The number of rotatable bonds is 8. The van der Waals surface area contributed by atoms with Gasteiger partial charge in [-0.1, -0.05) is 32.3 Å². The van der Waals surface area contributed by atoms with Crippen molar-refractivity contribution in [1.82, 2.24) is 4.90 Å². The van der Waals surface area contributed by atoms with Gasteiger partial charge < -0.3 is 19.7 Å². The first kappa shape index (κ1) is 20.9. The molecule has 2 aliphatic rings. The van der Waals surface area contributed by atoms with Gasteiger partial charge in [0.2, 0.25) is 0 Å². The minimum atomic E-state index is 0.213. The van der Waals surface area contributed by atoms with Crippen molar-refractivity contribution in [3.05, 3.63) is 46.5 Å². The summed E-state index contributed by atoms with van der Waals surface area (Å²) in [6, 6.07) is 7.91. The van der Waals surface area contributed by atoms with E-state index in [2.05, 4.69) is 11.8 Å². The summed E-state index contributed by atoms with van der Waals surface area (Å²) in [7, 11) is 0. The molecule has 0 saturated carbocycles. The molecule has 30 heavy (non-hydrogen) atoms. The first-order valence-corrected chi connectivity index (χ1v) is 11.3. The summed E-state index contributed by atoms with van der Waals surface area (Å²) in [4.78, 5) is 2.43. The van der Waals surface area contributed by atoms with E-state index in [1.54, 1.807) is 6.07 Å². The topological polar surface area (TPSA) is 62.2 Å². The van der Waals surface area contributed by atoms with Gasteiger partial charge in [0.15, 0.2) is 23.0 Å². The highest BCUT2D eigenvalue weighted by Crippen LogP contribution is 2.45. The number of hydrogen-bond acceptors (Lipinski definition) is 5. The van der Waals surface area contributed by atoms with Crippen molar-refractivity contribution in [1.29, 1.82) is 0 Å². The Bertz CT molecular complexity index is 895. The number of ether oxygens (including phenoxy) is 2. The molecule has 0 aliphatic carbocycles. The lowest BCUT2D eigenvalue weighted by atomic mass is 9.83. The van der Waals surface area contributed by atoms with Gasteiger partial charge >= 0.3 is 0 Å². The van der Waals surface area contributed by atoms with Crippen LogP contribution in [0.15, 0.2) is 24.3 Å². The van der Waals surface area contributed by atoms with E-state index >= 15 is 0 Å². The van der Waals surface area contributed by atoms with Crippen molar-refractivity contribution in [2.24, 2.45) is 0 Å². The quantitative estimate of drug-likeness (QED) is 0.591. The molecule has 0 bridgehead atoms. The van der Waals surface area contributed by atoms with E-state index in [-0.39, 0.29) is 17.5 Å². The van der Waals surface area contributed by atoms with Gasteiger partial charge in [0.1, 0.15) is 0 Å². The zero-order chi connectivity index (χ0) is 21.1. The third kappa shape index (κ3) is 4.08. The SMILES string of the molecule is CCCCCCOc1cc2c(cc1O)[C@@H]1Cc3ccc(O)c(OCC)c3CN1CC2. The van der Waals surface area contributed by atoms with Gasteiger partial charge in [-0.05, 0) is 61.1 Å². The van der Waals surface area contributed by atoms with Crippen molar-refractivity contribution < 1.29 is 19.7 Å². The minimum Gasteiger partial charge on any atom is -0.504 e. The van der Waals surface area contributed by atoms with E-state index in [0.717, 1.165) is 44.3 Å². The molecule has 0 fully saturated rings. The molecule has 2 aromatic carbocycles. The summed E-state index contributed by atoms with van der Waals surface area (Å²) in [5.41, 5.74) is 4.76. The third-order valence-electron chi connectivity index (χ3n) is 6.34. The van der Waals surface area contributed by atoms with Crippen molar-refractivity contribution in [3.8, 4) is 23.0 Å². The van der Waals surface area contributed by atoms with Gasteiger partial charge in [-0.15, -0.1) is 0 Å². The molecule has 1 atom stereocenters. The molecule has 162 valence electrons. The van der Waals surface area contributed by atoms with Crippen molar-refractivity contribution >= 4 is 0 Å². The Balaban J connectivity index is 1.55. The number of phenolic OH excluding ortho intramolecular Hbond substituents is 2. The molecule has 4 rings (SSSR count). The number of unbranched alkanes of at least 4 members (excludes halogenated alkanes) is 3. The lowest BCUT2D eigenvalue weighted by Gasteiger charge is -2.42. The Kier molecular flexibility index (Phi) is 6.38. The minimum absolute atomic E-state index is 0.213. The van der Waals surface area contributed by atoms with Crippen LogP contribution in [0.1, 0.15) is 67.8 Å². The van der Waals surface area contributed by atoms with Crippen molar-refractivity contribution in [2.75, 3.05) is 19.8 Å². The Morgan fingerprint density at radius 1 is 1.00 bits per heavy atom. The van der Waals surface area contributed by atoms with E-state index in [0.29, 0.717) is 24.7 Å². The zero-order valence-corrected chi connectivity index (χ0v) is 18.1. The van der Waals surface area contributed by atoms with Crippen LogP contribution in [0.2, 0.25) is 0 Å². The maximum atomic E-state index is 10.6. The van der Waals surface area contributed by atoms with Crippen LogP contribution in [-0.2, 0) is 19.4 Å². The molecule has 2 aliphatic heterocycles. The number of phenols is 2. The maximum Gasteiger partial charge on any atom is 0.165 e. The van der Waals surface area contributed by atoms with Crippen LogP contribution < -0.4 is 9.47 Å². The number of aromatic hydroxyl groups is 2. The van der Waals surface area contributed by atoms with Gasteiger partial charge in [0, 0.05) is 24.7 Å². The monoisotopic (exact) mass is 411 g/mol. The first-order chi connectivity index (χ1) is 14.6. The van der Waals surface area contributed by atoms with Gasteiger partial charge in [-0.3, -0.25) is 4.90 Å². The maximum absolute atomic E-state index is 10.6. The van der Waals surface area contributed by atoms with Crippen LogP contribution in [-0.4, -0.2) is 34.9 Å². The molecule has 0 unspecified atom stereocenters. The van der Waals surface area contributed by atoms with Gasteiger partial charge in [-0.25, -0.2) is 0 Å². The zero-order valence-electron chi connectivity index (χ0n) is 18.1. The van der Waals surface area contributed by atoms with E-state index in [1.807, 2.05) is 25.1 Å². The number of nitrogens with zero attached hydrogens (tertiary/aromatic N) is 1.